The summed E-state index contributed by atoms with van der Waals surface area (Å²) < 4.78 is 5.15. The van der Waals surface area contributed by atoms with Gasteiger partial charge in [-0.05, 0) is 18.6 Å². The van der Waals surface area contributed by atoms with Gasteiger partial charge in [0, 0.05) is 32.7 Å². The fourth-order valence-corrected chi connectivity index (χ4v) is 1.86. The van der Waals surface area contributed by atoms with Crippen molar-refractivity contribution in [3.8, 4) is 0 Å². The molecule has 1 saturated heterocycles. The summed E-state index contributed by atoms with van der Waals surface area (Å²) in [7, 11) is 0. The van der Waals surface area contributed by atoms with Crippen molar-refractivity contribution < 1.29 is 9.52 Å². The highest BCUT2D eigenvalue weighted by molar-refractivity contribution is 5.01. The molecule has 4 nitrogen and oxygen atoms in total. The molecular weight excluding hydrogens is 192 g/mol. The van der Waals surface area contributed by atoms with Gasteiger partial charge in [-0.2, -0.15) is 0 Å². The van der Waals surface area contributed by atoms with E-state index >= 15 is 0 Å². The van der Waals surface area contributed by atoms with Gasteiger partial charge in [0.1, 0.15) is 11.9 Å². The van der Waals surface area contributed by atoms with Gasteiger partial charge in [-0.25, -0.2) is 0 Å². The van der Waals surface area contributed by atoms with Crippen molar-refractivity contribution in [2.75, 3.05) is 32.7 Å². The molecule has 0 radical (unpaired) electrons. The number of rotatable bonds is 4. The summed E-state index contributed by atoms with van der Waals surface area (Å²) in [6.45, 7) is 5.19. The molecule has 0 bridgehead atoms. The fourth-order valence-electron chi connectivity index (χ4n) is 1.86. The van der Waals surface area contributed by atoms with Crippen molar-refractivity contribution in [1.29, 1.82) is 0 Å². The lowest BCUT2D eigenvalue weighted by Gasteiger charge is -2.27. The first-order valence-electron chi connectivity index (χ1n) is 5.51. The Morgan fingerprint density at radius 2 is 2.27 bits per heavy atom. The van der Waals surface area contributed by atoms with Crippen LogP contribution in [0.2, 0.25) is 0 Å². The average Bonchev–Trinajstić information content (AvgIpc) is 2.81. The van der Waals surface area contributed by atoms with Gasteiger partial charge in [0.15, 0.2) is 0 Å². The van der Waals surface area contributed by atoms with Crippen molar-refractivity contribution in [2.24, 2.45) is 0 Å². The van der Waals surface area contributed by atoms with E-state index in [1.54, 1.807) is 6.26 Å². The summed E-state index contributed by atoms with van der Waals surface area (Å²) in [5, 5.41) is 13.1. The molecule has 84 valence electrons. The number of nitrogens with zero attached hydrogens (tertiary/aromatic N) is 1. The number of aliphatic hydroxyl groups excluding tert-OH is 1. The Kier molecular flexibility index (Phi) is 3.77. The largest absolute Gasteiger partial charge is 0.467 e. The maximum atomic E-state index is 9.80. The lowest BCUT2D eigenvalue weighted by Crippen LogP contribution is -2.44. The number of hydrogen-bond donors (Lipinski definition) is 2. The van der Waals surface area contributed by atoms with Gasteiger partial charge in [0.25, 0.3) is 0 Å². The second-order valence-electron chi connectivity index (χ2n) is 3.91. The van der Waals surface area contributed by atoms with Gasteiger partial charge in [-0.15, -0.1) is 0 Å². The van der Waals surface area contributed by atoms with E-state index < -0.39 is 6.10 Å². The van der Waals surface area contributed by atoms with Crippen LogP contribution >= 0.6 is 0 Å². The first-order chi connectivity index (χ1) is 7.36. The van der Waals surface area contributed by atoms with Crippen LogP contribution in [0.4, 0.5) is 0 Å². The lowest BCUT2D eigenvalue weighted by atomic mass is 10.2. The van der Waals surface area contributed by atoms with E-state index in [2.05, 4.69) is 10.2 Å². The van der Waals surface area contributed by atoms with Gasteiger partial charge in [0.05, 0.1) is 6.26 Å². The molecule has 1 atom stereocenters. The van der Waals surface area contributed by atoms with Crippen molar-refractivity contribution in [3.63, 3.8) is 0 Å². The van der Waals surface area contributed by atoms with Gasteiger partial charge < -0.3 is 19.7 Å². The molecule has 1 aromatic heterocycles. The number of hydrogen-bond acceptors (Lipinski definition) is 4. The van der Waals surface area contributed by atoms with Crippen LogP contribution in [0.5, 0.6) is 0 Å². The monoisotopic (exact) mass is 210 g/mol. The van der Waals surface area contributed by atoms with Gasteiger partial charge >= 0.3 is 0 Å². The molecule has 1 fully saturated rings. The smallest absolute Gasteiger partial charge is 0.132 e. The molecule has 4 heteroatoms. The summed E-state index contributed by atoms with van der Waals surface area (Å²) in [5.41, 5.74) is 0. The molecule has 0 amide bonds. The fraction of sp³-hybridized carbons (Fsp3) is 0.636. The molecular formula is C11H18N2O2. The lowest BCUT2D eigenvalue weighted by molar-refractivity contribution is 0.116. The zero-order chi connectivity index (χ0) is 10.5. The average molecular weight is 210 g/mol. The van der Waals surface area contributed by atoms with Gasteiger partial charge in [-0.1, -0.05) is 0 Å². The highest BCUT2D eigenvalue weighted by atomic mass is 16.4. The maximum Gasteiger partial charge on any atom is 0.132 e. The van der Waals surface area contributed by atoms with Crippen molar-refractivity contribution >= 4 is 0 Å². The summed E-state index contributed by atoms with van der Waals surface area (Å²) in [4.78, 5) is 2.36. The molecule has 1 aliphatic rings. The first kappa shape index (κ1) is 10.7. The second kappa shape index (κ2) is 5.30. The number of aliphatic hydroxyl groups is 1. The Hall–Kier alpha value is -0.840. The van der Waals surface area contributed by atoms with E-state index in [9.17, 15) is 5.11 Å². The Morgan fingerprint density at radius 3 is 2.93 bits per heavy atom. The molecule has 0 aromatic carbocycles. The van der Waals surface area contributed by atoms with E-state index in [1.807, 2.05) is 12.1 Å². The summed E-state index contributed by atoms with van der Waals surface area (Å²) in [6, 6.07) is 3.63. The minimum atomic E-state index is -0.463. The van der Waals surface area contributed by atoms with E-state index in [4.69, 9.17) is 4.42 Å². The standard InChI is InChI=1S/C11H18N2O2/c14-10(11-2-1-9-15-11)3-6-13-7-4-12-5-8-13/h1-2,9-10,12,14H,3-8H2. The molecule has 0 aliphatic carbocycles. The van der Waals surface area contributed by atoms with Crippen LogP contribution in [0, 0.1) is 0 Å². The van der Waals surface area contributed by atoms with Crippen LogP contribution in [0.25, 0.3) is 0 Å². The van der Waals surface area contributed by atoms with Crippen molar-refractivity contribution in [1.82, 2.24) is 10.2 Å². The Balaban J connectivity index is 1.73. The normalized spacial score (nSPS) is 20.3. The molecule has 2 heterocycles. The Morgan fingerprint density at radius 1 is 1.47 bits per heavy atom. The van der Waals surface area contributed by atoms with E-state index in [0.29, 0.717) is 5.76 Å². The van der Waals surface area contributed by atoms with Gasteiger partial charge in [0.2, 0.25) is 0 Å². The summed E-state index contributed by atoms with van der Waals surface area (Å²) >= 11 is 0. The van der Waals surface area contributed by atoms with Crippen LogP contribution in [-0.4, -0.2) is 42.7 Å². The molecule has 2 N–H and O–H groups in total. The number of piperazine rings is 1. The third kappa shape index (κ3) is 3.06. The highest BCUT2D eigenvalue weighted by Gasteiger charge is 2.14. The van der Waals surface area contributed by atoms with Crippen molar-refractivity contribution in [3.05, 3.63) is 24.2 Å². The Labute approximate surface area is 89.9 Å². The predicted octanol–water partition coefficient (Wildman–Crippen LogP) is 0.608. The zero-order valence-electron chi connectivity index (χ0n) is 8.85. The highest BCUT2D eigenvalue weighted by Crippen LogP contribution is 2.17. The quantitative estimate of drug-likeness (QED) is 0.764. The van der Waals surface area contributed by atoms with Crippen LogP contribution in [0.15, 0.2) is 22.8 Å². The molecule has 1 aliphatic heterocycles. The molecule has 1 unspecified atom stereocenters. The number of furan rings is 1. The maximum absolute atomic E-state index is 9.80. The van der Waals surface area contributed by atoms with Crippen LogP contribution in [-0.2, 0) is 0 Å². The summed E-state index contributed by atoms with van der Waals surface area (Å²) in [5.74, 6) is 0.671. The number of nitrogens with one attached hydrogen (secondary N) is 1. The zero-order valence-corrected chi connectivity index (χ0v) is 8.85. The first-order valence-corrected chi connectivity index (χ1v) is 5.51. The molecule has 1 aromatic rings. The predicted molar refractivity (Wildman–Crippen MR) is 57.6 cm³/mol. The van der Waals surface area contributed by atoms with Crippen LogP contribution in [0.3, 0.4) is 0 Å². The molecule has 15 heavy (non-hydrogen) atoms. The molecule has 0 spiro atoms. The van der Waals surface area contributed by atoms with E-state index in [0.717, 1.165) is 39.1 Å². The van der Waals surface area contributed by atoms with Crippen molar-refractivity contribution in [2.45, 2.75) is 12.5 Å². The van der Waals surface area contributed by atoms with E-state index in [1.165, 1.54) is 0 Å². The SMILES string of the molecule is OC(CCN1CCNCC1)c1ccco1. The third-order valence-corrected chi connectivity index (χ3v) is 2.80. The molecule has 0 saturated carbocycles. The van der Waals surface area contributed by atoms with E-state index in [-0.39, 0.29) is 0 Å². The van der Waals surface area contributed by atoms with Crippen LogP contribution in [0.1, 0.15) is 18.3 Å². The van der Waals surface area contributed by atoms with Crippen LogP contribution < -0.4 is 5.32 Å². The Bertz CT molecular complexity index is 268. The molecule has 2 rings (SSSR count). The second-order valence-corrected chi connectivity index (χ2v) is 3.91. The minimum Gasteiger partial charge on any atom is -0.467 e. The minimum absolute atomic E-state index is 0.463. The topological polar surface area (TPSA) is 48.6 Å². The third-order valence-electron chi connectivity index (χ3n) is 2.80. The van der Waals surface area contributed by atoms with Gasteiger partial charge in [-0.3, -0.25) is 0 Å². The summed E-state index contributed by atoms with van der Waals surface area (Å²) in [6.07, 6.45) is 1.88.